The van der Waals surface area contributed by atoms with Crippen molar-refractivity contribution < 1.29 is 23.9 Å². The molecule has 0 N–H and O–H groups in total. The zero-order valence-corrected chi connectivity index (χ0v) is 24.9. The van der Waals surface area contributed by atoms with Gasteiger partial charge in [-0.2, -0.15) is 0 Å². The Bertz CT molecular complexity index is 2390. The molecule has 0 aliphatic carbocycles. The molecule has 2 heterocycles. The van der Waals surface area contributed by atoms with E-state index in [2.05, 4.69) is 0 Å². The molecule has 0 saturated heterocycles. The molecule has 7 heteroatoms. The van der Waals surface area contributed by atoms with Crippen molar-refractivity contribution in [3.8, 4) is 5.75 Å². The standard InChI is InChI=1S/C39H24N2O5/c1-3-46-23-10-8-22(9-11-23)41-38(44)30-18-14-26-24-12-16-28-34-29(37(43)40(36(28)42)21-6-4-20(2)5-7-21)17-13-25(32(24)34)27-15-19-31(39(41)45)35(30)33(26)27/h4-19H,3H2,1-2H3. The third-order valence-electron chi connectivity index (χ3n) is 9.33. The monoisotopic (exact) mass is 600 g/mol. The maximum Gasteiger partial charge on any atom is 0.265 e. The van der Waals surface area contributed by atoms with Crippen molar-refractivity contribution in [2.24, 2.45) is 0 Å². The van der Waals surface area contributed by atoms with Crippen LogP contribution in [0.3, 0.4) is 0 Å². The molecule has 7 aromatic rings. The number of imide groups is 2. The number of amides is 4. The van der Waals surface area contributed by atoms with Crippen molar-refractivity contribution >= 4 is 78.1 Å². The molecular weight excluding hydrogens is 576 g/mol. The fourth-order valence-electron chi connectivity index (χ4n) is 7.29. The summed E-state index contributed by atoms with van der Waals surface area (Å²) in [5.74, 6) is -0.868. The molecule has 4 amide bonds. The van der Waals surface area contributed by atoms with Crippen molar-refractivity contribution in [2.75, 3.05) is 16.4 Å². The second-order valence-corrected chi connectivity index (χ2v) is 11.8. The van der Waals surface area contributed by atoms with Crippen molar-refractivity contribution in [3.63, 3.8) is 0 Å². The van der Waals surface area contributed by atoms with E-state index in [1.54, 1.807) is 60.7 Å². The third-order valence-corrected chi connectivity index (χ3v) is 9.33. The minimum atomic E-state index is -0.395. The molecule has 46 heavy (non-hydrogen) atoms. The second-order valence-electron chi connectivity index (χ2n) is 11.8. The zero-order chi connectivity index (χ0) is 31.4. The summed E-state index contributed by atoms with van der Waals surface area (Å²) in [4.78, 5) is 58.2. The smallest absolute Gasteiger partial charge is 0.265 e. The molecule has 7 aromatic carbocycles. The van der Waals surface area contributed by atoms with E-state index in [1.807, 2.05) is 50.2 Å². The number of benzene rings is 7. The molecule has 0 bridgehead atoms. The fourth-order valence-corrected chi connectivity index (χ4v) is 7.29. The molecule has 0 unspecified atom stereocenters. The normalized spacial score (nSPS) is 14.5. The van der Waals surface area contributed by atoms with E-state index in [0.29, 0.717) is 56.8 Å². The number of hydrogen-bond acceptors (Lipinski definition) is 5. The van der Waals surface area contributed by atoms with E-state index in [-0.39, 0.29) is 11.8 Å². The quantitative estimate of drug-likeness (QED) is 0.116. The molecule has 0 aromatic heterocycles. The highest BCUT2D eigenvalue weighted by atomic mass is 16.5. The molecule has 0 fully saturated rings. The van der Waals surface area contributed by atoms with Crippen LogP contribution in [0.15, 0.2) is 97.1 Å². The first-order valence-electron chi connectivity index (χ1n) is 15.1. The number of nitrogens with zero attached hydrogens (tertiary/aromatic N) is 2. The van der Waals surface area contributed by atoms with Crippen molar-refractivity contribution in [1.82, 2.24) is 0 Å². The summed E-state index contributed by atoms with van der Waals surface area (Å²) >= 11 is 0. The molecule has 0 radical (unpaired) electrons. The molecule has 2 aliphatic heterocycles. The predicted molar refractivity (Wildman–Crippen MR) is 179 cm³/mol. The molecule has 0 saturated carbocycles. The minimum Gasteiger partial charge on any atom is -0.494 e. The fraction of sp³-hybridized carbons (Fsp3) is 0.0769. The topological polar surface area (TPSA) is 84.0 Å². The zero-order valence-electron chi connectivity index (χ0n) is 24.9. The van der Waals surface area contributed by atoms with Crippen LogP contribution in [0.1, 0.15) is 53.9 Å². The first-order valence-corrected chi connectivity index (χ1v) is 15.1. The Morgan fingerprint density at radius 1 is 0.457 bits per heavy atom. The van der Waals surface area contributed by atoms with Crippen molar-refractivity contribution in [2.45, 2.75) is 13.8 Å². The first-order chi connectivity index (χ1) is 22.4. The van der Waals surface area contributed by atoms with Gasteiger partial charge in [0.1, 0.15) is 5.75 Å². The van der Waals surface area contributed by atoms with Crippen molar-refractivity contribution in [1.29, 1.82) is 0 Å². The summed E-state index contributed by atoms with van der Waals surface area (Å²) in [6.45, 7) is 4.36. The number of ether oxygens (including phenoxy) is 1. The van der Waals surface area contributed by atoms with Crippen LogP contribution in [0.2, 0.25) is 0 Å². The van der Waals surface area contributed by atoms with Crippen LogP contribution in [0.25, 0.3) is 43.1 Å². The van der Waals surface area contributed by atoms with Gasteiger partial charge in [0.05, 0.1) is 18.0 Å². The molecule has 9 rings (SSSR count). The number of rotatable bonds is 4. The Hall–Kier alpha value is -6.08. The van der Waals surface area contributed by atoms with E-state index < -0.39 is 11.8 Å². The lowest BCUT2D eigenvalue weighted by Gasteiger charge is -2.30. The number of aryl methyl sites for hydroxylation is 1. The third kappa shape index (κ3) is 3.31. The molecular formula is C39H24N2O5. The van der Waals surface area contributed by atoms with Gasteiger partial charge in [-0.15, -0.1) is 0 Å². The molecule has 2 aliphatic rings. The maximum absolute atomic E-state index is 14.0. The van der Waals surface area contributed by atoms with Gasteiger partial charge in [-0.05, 0) is 107 Å². The number of carbonyl (C=O) groups is 4. The van der Waals surface area contributed by atoms with Crippen LogP contribution < -0.4 is 14.5 Å². The highest BCUT2D eigenvalue weighted by Gasteiger charge is 2.37. The van der Waals surface area contributed by atoms with Crippen LogP contribution in [-0.2, 0) is 0 Å². The lowest BCUT2D eigenvalue weighted by Crippen LogP contribution is -2.40. The van der Waals surface area contributed by atoms with E-state index >= 15 is 0 Å². The number of fused-ring (bicyclic) bond motifs is 2. The SMILES string of the molecule is CCOc1ccc(N2C(=O)c3ccc4c5ccc6c7c(ccc(c8ccc(c3c48)C2=O)c75)C(=O)N(c2ccc(C)cc2)C6=O)cc1. The van der Waals surface area contributed by atoms with Gasteiger partial charge in [0.15, 0.2) is 0 Å². The summed E-state index contributed by atoms with van der Waals surface area (Å²) in [5, 5.41) is 6.28. The van der Waals surface area contributed by atoms with Gasteiger partial charge in [-0.3, -0.25) is 19.2 Å². The summed E-state index contributed by atoms with van der Waals surface area (Å²) in [6, 6.07) is 29.0. The Kier molecular flexibility index (Phi) is 5.28. The van der Waals surface area contributed by atoms with Gasteiger partial charge in [-0.1, -0.05) is 42.0 Å². The van der Waals surface area contributed by atoms with Crippen LogP contribution in [0, 0.1) is 6.92 Å². The maximum atomic E-state index is 14.0. The number of hydrogen-bond donors (Lipinski definition) is 0. The summed E-state index contributed by atoms with van der Waals surface area (Å²) < 4.78 is 5.54. The Labute approximate surface area is 262 Å². The van der Waals surface area contributed by atoms with E-state index in [4.69, 9.17) is 4.74 Å². The average Bonchev–Trinajstić information content (AvgIpc) is 3.07. The van der Waals surface area contributed by atoms with Gasteiger partial charge >= 0.3 is 0 Å². The van der Waals surface area contributed by atoms with Crippen LogP contribution in [-0.4, -0.2) is 30.2 Å². The largest absolute Gasteiger partial charge is 0.494 e. The van der Waals surface area contributed by atoms with Gasteiger partial charge in [-0.25, -0.2) is 9.80 Å². The minimum absolute atomic E-state index is 0.369. The van der Waals surface area contributed by atoms with E-state index in [1.165, 1.54) is 9.80 Å². The van der Waals surface area contributed by atoms with Gasteiger partial charge in [0.2, 0.25) is 0 Å². The summed E-state index contributed by atoms with van der Waals surface area (Å²) in [6.07, 6.45) is 0. The van der Waals surface area contributed by atoms with E-state index in [9.17, 15) is 19.2 Å². The van der Waals surface area contributed by atoms with Gasteiger partial charge < -0.3 is 4.74 Å². The second kappa shape index (κ2) is 9.22. The average molecular weight is 601 g/mol. The number of carbonyl (C=O) groups excluding carboxylic acids is 4. The van der Waals surface area contributed by atoms with Crippen LogP contribution in [0.4, 0.5) is 11.4 Å². The van der Waals surface area contributed by atoms with Gasteiger partial charge in [0, 0.05) is 33.0 Å². The first kappa shape index (κ1) is 26.3. The Morgan fingerprint density at radius 2 is 0.804 bits per heavy atom. The van der Waals surface area contributed by atoms with Gasteiger partial charge in [0.25, 0.3) is 23.6 Å². The summed E-state index contributed by atoms with van der Waals surface area (Å²) in [7, 11) is 0. The lowest BCUT2D eigenvalue weighted by molar-refractivity contribution is 0.0877. The summed E-state index contributed by atoms with van der Waals surface area (Å²) in [5.41, 5.74) is 3.83. The molecule has 7 nitrogen and oxygen atoms in total. The number of anilines is 2. The van der Waals surface area contributed by atoms with E-state index in [0.717, 1.165) is 37.9 Å². The lowest BCUT2D eigenvalue weighted by atomic mass is 9.82. The van der Waals surface area contributed by atoms with Crippen LogP contribution >= 0.6 is 0 Å². The predicted octanol–water partition coefficient (Wildman–Crippen LogP) is 8.05. The van der Waals surface area contributed by atoms with Crippen LogP contribution in [0.5, 0.6) is 5.75 Å². The molecule has 220 valence electrons. The Morgan fingerprint density at radius 3 is 1.15 bits per heavy atom. The molecule has 0 atom stereocenters. The highest BCUT2D eigenvalue weighted by Crippen LogP contribution is 2.47. The highest BCUT2D eigenvalue weighted by molar-refractivity contribution is 6.45. The molecule has 0 spiro atoms. The Balaban J connectivity index is 1.26. The van der Waals surface area contributed by atoms with Crippen molar-refractivity contribution in [3.05, 3.63) is 125 Å².